The Balaban J connectivity index is 2.80. The molecule has 0 aliphatic rings. The summed E-state index contributed by atoms with van der Waals surface area (Å²) in [5.74, 6) is -0.846. The summed E-state index contributed by atoms with van der Waals surface area (Å²) in [6.45, 7) is 4.60. The third kappa shape index (κ3) is 6.64. The smallest absolute Gasteiger partial charge is 0.248 e. The van der Waals surface area contributed by atoms with E-state index in [9.17, 15) is 14.0 Å². The minimum atomic E-state index is -0.427. The molecule has 1 rings (SSSR count). The van der Waals surface area contributed by atoms with Crippen LogP contribution in [0, 0.1) is 5.82 Å². The summed E-state index contributed by atoms with van der Waals surface area (Å²) in [4.78, 5) is 25.4. The highest BCUT2D eigenvalue weighted by molar-refractivity contribution is 5.79. The van der Waals surface area contributed by atoms with Crippen molar-refractivity contribution in [2.45, 2.75) is 19.9 Å². The van der Waals surface area contributed by atoms with Crippen molar-refractivity contribution in [1.82, 2.24) is 10.2 Å². The van der Waals surface area contributed by atoms with Gasteiger partial charge in [0.25, 0.3) is 0 Å². The van der Waals surface area contributed by atoms with Crippen molar-refractivity contribution in [1.29, 1.82) is 0 Å². The predicted octanol–water partition coefficient (Wildman–Crippen LogP) is 1.51. The number of nitrogens with one attached hydrogen (secondary N) is 1. The first-order valence-corrected chi connectivity index (χ1v) is 7.92. The number of amides is 2. The van der Waals surface area contributed by atoms with Crippen LogP contribution in [0.1, 0.15) is 25.5 Å². The van der Waals surface area contributed by atoms with Gasteiger partial charge in [-0.3, -0.25) is 9.59 Å². The third-order valence-corrected chi connectivity index (χ3v) is 3.48. The van der Waals surface area contributed by atoms with Crippen molar-refractivity contribution >= 4 is 11.8 Å². The molecule has 0 saturated carbocycles. The Bertz CT molecular complexity index is 522. The van der Waals surface area contributed by atoms with Crippen LogP contribution in [-0.4, -0.2) is 56.7 Å². The van der Waals surface area contributed by atoms with Crippen molar-refractivity contribution in [3.8, 4) is 0 Å². The molecule has 6 nitrogen and oxygen atoms in total. The van der Waals surface area contributed by atoms with Gasteiger partial charge in [-0.1, -0.05) is 12.1 Å². The third-order valence-electron chi connectivity index (χ3n) is 3.48. The minimum Gasteiger partial charge on any atom is -0.372 e. The van der Waals surface area contributed by atoms with E-state index in [0.717, 1.165) is 5.56 Å². The SMILES string of the molecule is CCOCC(=O)NC[C@H](c1ccc(F)cc1)N(C)C(=O)COCC. The number of halogens is 1. The van der Waals surface area contributed by atoms with Gasteiger partial charge in [-0.2, -0.15) is 0 Å². The highest BCUT2D eigenvalue weighted by atomic mass is 19.1. The van der Waals surface area contributed by atoms with Crippen LogP contribution >= 0.6 is 0 Å². The van der Waals surface area contributed by atoms with E-state index in [4.69, 9.17) is 9.47 Å². The number of carbonyl (C=O) groups excluding carboxylic acids is 2. The average molecular weight is 340 g/mol. The number of rotatable bonds is 10. The fourth-order valence-corrected chi connectivity index (χ4v) is 2.08. The monoisotopic (exact) mass is 340 g/mol. The van der Waals surface area contributed by atoms with Gasteiger partial charge in [0.2, 0.25) is 11.8 Å². The number of hydrogen-bond acceptors (Lipinski definition) is 4. The molecule has 0 radical (unpaired) electrons. The lowest BCUT2D eigenvalue weighted by atomic mass is 10.1. The highest BCUT2D eigenvalue weighted by Gasteiger charge is 2.22. The Labute approximate surface area is 141 Å². The van der Waals surface area contributed by atoms with Gasteiger partial charge < -0.3 is 19.7 Å². The Morgan fingerprint density at radius 2 is 1.71 bits per heavy atom. The zero-order valence-corrected chi connectivity index (χ0v) is 14.4. The molecule has 2 amide bonds. The van der Waals surface area contributed by atoms with Crippen molar-refractivity contribution in [2.24, 2.45) is 0 Å². The molecule has 1 atom stereocenters. The Morgan fingerprint density at radius 3 is 2.29 bits per heavy atom. The molecule has 7 heteroatoms. The molecule has 134 valence electrons. The van der Waals surface area contributed by atoms with E-state index in [0.29, 0.717) is 13.2 Å². The van der Waals surface area contributed by atoms with E-state index < -0.39 is 6.04 Å². The van der Waals surface area contributed by atoms with E-state index in [-0.39, 0.29) is 37.4 Å². The number of ether oxygens (including phenoxy) is 2. The van der Waals surface area contributed by atoms with Crippen LogP contribution < -0.4 is 5.32 Å². The number of nitrogens with zero attached hydrogens (tertiary/aromatic N) is 1. The number of benzene rings is 1. The quantitative estimate of drug-likeness (QED) is 0.701. The van der Waals surface area contributed by atoms with Gasteiger partial charge >= 0.3 is 0 Å². The van der Waals surface area contributed by atoms with Gasteiger partial charge in [0, 0.05) is 26.8 Å². The normalized spacial score (nSPS) is 11.8. The minimum absolute atomic E-state index is 0.0384. The molecule has 0 aliphatic carbocycles. The van der Waals surface area contributed by atoms with Crippen LogP contribution in [0.3, 0.4) is 0 Å². The first-order chi connectivity index (χ1) is 11.5. The van der Waals surface area contributed by atoms with Crippen LogP contribution in [0.5, 0.6) is 0 Å². The number of carbonyl (C=O) groups is 2. The van der Waals surface area contributed by atoms with Crippen LogP contribution in [-0.2, 0) is 19.1 Å². The Morgan fingerprint density at radius 1 is 1.12 bits per heavy atom. The predicted molar refractivity (Wildman–Crippen MR) is 87.9 cm³/mol. The van der Waals surface area contributed by atoms with Crippen LogP contribution in [0.15, 0.2) is 24.3 Å². The number of hydrogen-bond donors (Lipinski definition) is 1. The first-order valence-electron chi connectivity index (χ1n) is 7.92. The fourth-order valence-electron chi connectivity index (χ4n) is 2.08. The summed E-state index contributed by atoms with van der Waals surface area (Å²) >= 11 is 0. The molecule has 24 heavy (non-hydrogen) atoms. The van der Waals surface area contributed by atoms with Crippen molar-refractivity contribution < 1.29 is 23.5 Å². The van der Waals surface area contributed by atoms with Crippen molar-refractivity contribution in [2.75, 3.05) is 40.0 Å². The maximum Gasteiger partial charge on any atom is 0.248 e. The first kappa shape index (κ1) is 20.1. The van der Waals surface area contributed by atoms with E-state index in [2.05, 4.69) is 5.32 Å². The van der Waals surface area contributed by atoms with Crippen molar-refractivity contribution in [3.63, 3.8) is 0 Å². The maximum absolute atomic E-state index is 13.1. The highest BCUT2D eigenvalue weighted by Crippen LogP contribution is 2.19. The molecule has 0 bridgehead atoms. The average Bonchev–Trinajstić information content (AvgIpc) is 2.59. The fraction of sp³-hybridized carbons (Fsp3) is 0.529. The largest absolute Gasteiger partial charge is 0.372 e. The maximum atomic E-state index is 13.1. The van der Waals surface area contributed by atoms with Crippen LogP contribution in [0.25, 0.3) is 0 Å². The van der Waals surface area contributed by atoms with E-state index in [1.54, 1.807) is 33.0 Å². The second-order valence-electron chi connectivity index (χ2n) is 5.15. The van der Waals surface area contributed by atoms with E-state index in [1.165, 1.54) is 17.0 Å². The molecule has 0 aliphatic heterocycles. The van der Waals surface area contributed by atoms with Gasteiger partial charge in [0.15, 0.2) is 0 Å². The van der Waals surface area contributed by atoms with Gasteiger partial charge in [-0.15, -0.1) is 0 Å². The molecule has 1 aromatic rings. The number of likely N-dealkylation sites (N-methyl/N-ethyl adjacent to an activating group) is 1. The summed E-state index contributed by atoms with van der Waals surface area (Å²) in [5.41, 5.74) is 0.723. The lowest BCUT2D eigenvalue weighted by Crippen LogP contribution is -2.41. The van der Waals surface area contributed by atoms with Gasteiger partial charge in [-0.25, -0.2) is 4.39 Å². The molecule has 0 heterocycles. The van der Waals surface area contributed by atoms with Crippen molar-refractivity contribution in [3.05, 3.63) is 35.6 Å². The van der Waals surface area contributed by atoms with Gasteiger partial charge in [0.1, 0.15) is 19.0 Å². The van der Waals surface area contributed by atoms with E-state index >= 15 is 0 Å². The molecule has 0 spiro atoms. The molecule has 0 aromatic heterocycles. The lowest BCUT2D eigenvalue weighted by Gasteiger charge is -2.29. The molecular weight excluding hydrogens is 315 g/mol. The molecule has 0 unspecified atom stereocenters. The molecule has 0 saturated heterocycles. The van der Waals surface area contributed by atoms with Gasteiger partial charge in [0.05, 0.1) is 6.04 Å². The van der Waals surface area contributed by atoms with Crippen LogP contribution in [0.2, 0.25) is 0 Å². The Kier molecular flexibility index (Phi) is 8.96. The Hall–Kier alpha value is -1.99. The zero-order chi connectivity index (χ0) is 17.9. The van der Waals surface area contributed by atoms with E-state index in [1.807, 2.05) is 0 Å². The molecule has 0 fully saturated rings. The summed E-state index contributed by atoms with van der Waals surface area (Å²) in [7, 11) is 1.63. The summed E-state index contributed by atoms with van der Waals surface area (Å²) < 4.78 is 23.3. The van der Waals surface area contributed by atoms with Gasteiger partial charge in [-0.05, 0) is 31.5 Å². The van der Waals surface area contributed by atoms with Crippen LogP contribution in [0.4, 0.5) is 4.39 Å². The lowest BCUT2D eigenvalue weighted by molar-refractivity contribution is -0.137. The standard InChI is InChI=1S/C17H25FN2O4/c1-4-23-11-16(21)19-10-15(13-6-8-14(18)9-7-13)20(3)17(22)12-24-5-2/h6-9,15H,4-5,10-12H2,1-3H3,(H,19,21)/t15-/m1/s1. The summed E-state index contributed by atoms with van der Waals surface area (Å²) in [6.07, 6.45) is 0. The molecule has 1 aromatic carbocycles. The summed E-state index contributed by atoms with van der Waals surface area (Å²) in [6, 6.07) is 5.42. The summed E-state index contributed by atoms with van der Waals surface area (Å²) in [5, 5.41) is 2.73. The second-order valence-corrected chi connectivity index (χ2v) is 5.15. The molecule has 1 N–H and O–H groups in total. The molecular formula is C17H25FN2O4. The second kappa shape index (κ2) is 10.7. The zero-order valence-electron chi connectivity index (χ0n) is 14.4. The topological polar surface area (TPSA) is 67.9 Å².